The normalized spacial score (nSPS) is 11.9. The smallest absolute Gasteiger partial charge is 0.260 e. The predicted molar refractivity (Wildman–Crippen MR) is 110 cm³/mol. The molecule has 9 heteroatoms. The van der Waals surface area contributed by atoms with Crippen LogP contribution in [0.15, 0.2) is 54.0 Å². The van der Waals surface area contributed by atoms with Crippen molar-refractivity contribution in [2.24, 2.45) is 0 Å². The van der Waals surface area contributed by atoms with Crippen molar-refractivity contribution in [2.45, 2.75) is 6.54 Å². The van der Waals surface area contributed by atoms with Crippen LogP contribution in [0.5, 0.6) is 11.5 Å². The number of anilines is 1. The Labute approximate surface area is 175 Å². The van der Waals surface area contributed by atoms with E-state index in [-0.39, 0.29) is 30.3 Å². The summed E-state index contributed by atoms with van der Waals surface area (Å²) in [6.45, 7) is 0.365. The molecule has 2 aromatic heterocycles. The first kappa shape index (κ1) is 19.2. The highest BCUT2D eigenvalue weighted by molar-refractivity contribution is 7.09. The number of aromatic nitrogens is 1. The summed E-state index contributed by atoms with van der Waals surface area (Å²) in [5.74, 6) is 0.454. The van der Waals surface area contributed by atoms with Crippen molar-refractivity contribution < 1.29 is 19.1 Å². The Hall–Kier alpha value is -3.10. The number of carbonyl (C=O) groups is 2. The number of carbonyl (C=O) groups excluding carboxylic acids is 2. The number of pyridine rings is 1. The van der Waals surface area contributed by atoms with E-state index in [0.717, 1.165) is 4.88 Å². The van der Waals surface area contributed by atoms with Gasteiger partial charge in [-0.05, 0) is 35.7 Å². The molecule has 3 heterocycles. The lowest BCUT2D eigenvalue weighted by Crippen LogP contribution is -2.40. The van der Waals surface area contributed by atoms with Crippen LogP contribution in [0.4, 0.5) is 5.69 Å². The van der Waals surface area contributed by atoms with Gasteiger partial charge in [0, 0.05) is 22.8 Å². The SMILES string of the molecule is O=C(CN(C(=O)c1ccc(Cl)nc1)c1ccc2c(c1)OCO2)NCc1cccs1. The second kappa shape index (κ2) is 8.50. The van der Waals surface area contributed by atoms with Gasteiger partial charge in [-0.25, -0.2) is 4.98 Å². The molecule has 1 aromatic carbocycles. The van der Waals surface area contributed by atoms with E-state index < -0.39 is 0 Å². The van der Waals surface area contributed by atoms with E-state index in [1.807, 2.05) is 17.5 Å². The maximum atomic E-state index is 13.1. The zero-order valence-corrected chi connectivity index (χ0v) is 16.7. The number of amides is 2. The van der Waals surface area contributed by atoms with Gasteiger partial charge in [-0.1, -0.05) is 17.7 Å². The van der Waals surface area contributed by atoms with Gasteiger partial charge in [0.1, 0.15) is 11.7 Å². The molecule has 0 spiro atoms. The van der Waals surface area contributed by atoms with Crippen molar-refractivity contribution in [3.8, 4) is 11.5 Å². The Morgan fingerprint density at radius 1 is 1.17 bits per heavy atom. The zero-order chi connectivity index (χ0) is 20.2. The Morgan fingerprint density at radius 2 is 2.03 bits per heavy atom. The second-order valence-electron chi connectivity index (χ2n) is 6.15. The number of hydrogen-bond acceptors (Lipinski definition) is 6. The Kier molecular flexibility index (Phi) is 5.64. The van der Waals surface area contributed by atoms with Gasteiger partial charge in [-0.3, -0.25) is 14.5 Å². The van der Waals surface area contributed by atoms with E-state index in [1.165, 1.54) is 17.2 Å². The molecule has 0 fully saturated rings. The summed E-state index contributed by atoms with van der Waals surface area (Å²) in [4.78, 5) is 32.0. The summed E-state index contributed by atoms with van der Waals surface area (Å²) in [5.41, 5.74) is 0.832. The van der Waals surface area contributed by atoms with Crippen molar-refractivity contribution >= 4 is 40.4 Å². The zero-order valence-electron chi connectivity index (χ0n) is 15.1. The van der Waals surface area contributed by atoms with Gasteiger partial charge in [0.15, 0.2) is 11.5 Å². The average molecular weight is 430 g/mol. The third-order valence-corrected chi connectivity index (χ3v) is 5.33. The van der Waals surface area contributed by atoms with Gasteiger partial charge >= 0.3 is 0 Å². The highest BCUT2D eigenvalue weighted by Gasteiger charge is 2.24. The Morgan fingerprint density at radius 3 is 2.79 bits per heavy atom. The molecule has 148 valence electrons. The van der Waals surface area contributed by atoms with Gasteiger partial charge in [0.05, 0.1) is 12.1 Å². The largest absolute Gasteiger partial charge is 0.454 e. The van der Waals surface area contributed by atoms with E-state index in [2.05, 4.69) is 10.3 Å². The first-order chi connectivity index (χ1) is 14.1. The van der Waals surface area contributed by atoms with Crippen LogP contribution in [0.2, 0.25) is 5.15 Å². The molecule has 7 nitrogen and oxygen atoms in total. The van der Waals surface area contributed by atoms with Crippen LogP contribution in [0.1, 0.15) is 15.2 Å². The third-order valence-electron chi connectivity index (χ3n) is 4.23. The van der Waals surface area contributed by atoms with Crippen LogP contribution in [0.25, 0.3) is 0 Å². The molecule has 3 aromatic rings. The molecule has 0 aliphatic carbocycles. The number of nitrogens with one attached hydrogen (secondary N) is 1. The molecule has 0 saturated heterocycles. The minimum absolute atomic E-state index is 0.120. The number of hydrogen-bond donors (Lipinski definition) is 1. The molecular formula is C20H16ClN3O4S. The van der Waals surface area contributed by atoms with E-state index in [9.17, 15) is 9.59 Å². The van der Waals surface area contributed by atoms with Gasteiger partial charge in [-0.2, -0.15) is 0 Å². The minimum atomic E-state index is -0.376. The number of fused-ring (bicyclic) bond motifs is 1. The van der Waals surface area contributed by atoms with Crippen LogP contribution in [-0.4, -0.2) is 30.1 Å². The van der Waals surface area contributed by atoms with Crippen molar-refractivity contribution in [2.75, 3.05) is 18.2 Å². The van der Waals surface area contributed by atoms with Gasteiger partial charge in [0.2, 0.25) is 12.7 Å². The quantitative estimate of drug-likeness (QED) is 0.607. The number of halogens is 1. The molecule has 0 atom stereocenters. The molecular weight excluding hydrogens is 414 g/mol. The number of rotatable bonds is 6. The van der Waals surface area contributed by atoms with Crippen LogP contribution >= 0.6 is 22.9 Å². The van der Waals surface area contributed by atoms with Crippen molar-refractivity contribution in [3.05, 3.63) is 69.6 Å². The number of ether oxygens (including phenoxy) is 2. The van der Waals surface area contributed by atoms with E-state index in [4.69, 9.17) is 21.1 Å². The van der Waals surface area contributed by atoms with Gasteiger partial charge < -0.3 is 14.8 Å². The van der Waals surface area contributed by atoms with E-state index >= 15 is 0 Å². The molecule has 1 aliphatic rings. The summed E-state index contributed by atoms with van der Waals surface area (Å²) in [6.07, 6.45) is 1.38. The summed E-state index contributed by atoms with van der Waals surface area (Å²) in [5, 5.41) is 5.06. The maximum Gasteiger partial charge on any atom is 0.260 e. The fraction of sp³-hybridized carbons (Fsp3) is 0.150. The highest BCUT2D eigenvalue weighted by Crippen LogP contribution is 2.35. The molecule has 0 saturated carbocycles. The fourth-order valence-corrected chi connectivity index (χ4v) is 3.55. The lowest BCUT2D eigenvalue weighted by atomic mass is 10.2. The van der Waals surface area contributed by atoms with Crippen LogP contribution in [0, 0.1) is 0 Å². The molecule has 2 amide bonds. The number of nitrogens with zero attached hydrogens (tertiary/aromatic N) is 2. The molecule has 0 unspecified atom stereocenters. The van der Waals surface area contributed by atoms with Gasteiger partial charge in [-0.15, -0.1) is 11.3 Å². The van der Waals surface area contributed by atoms with Crippen LogP contribution in [0.3, 0.4) is 0 Å². The average Bonchev–Trinajstić information content (AvgIpc) is 3.41. The van der Waals surface area contributed by atoms with Crippen LogP contribution in [-0.2, 0) is 11.3 Å². The highest BCUT2D eigenvalue weighted by atomic mass is 35.5. The minimum Gasteiger partial charge on any atom is -0.454 e. The number of benzene rings is 1. The van der Waals surface area contributed by atoms with Gasteiger partial charge in [0.25, 0.3) is 5.91 Å². The summed E-state index contributed by atoms with van der Waals surface area (Å²) < 4.78 is 10.7. The second-order valence-corrected chi connectivity index (χ2v) is 7.57. The predicted octanol–water partition coefficient (Wildman–Crippen LogP) is 3.49. The summed E-state index contributed by atoms with van der Waals surface area (Å²) in [6, 6.07) is 12.1. The molecule has 0 bridgehead atoms. The monoisotopic (exact) mass is 429 g/mol. The molecule has 4 rings (SSSR count). The topological polar surface area (TPSA) is 80.8 Å². The molecule has 1 aliphatic heterocycles. The lowest BCUT2D eigenvalue weighted by Gasteiger charge is -2.22. The third kappa shape index (κ3) is 4.49. The Balaban J connectivity index is 1.57. The van der Waals surface area contributed by atoms with Crippen molar-refractivity contribution in [1.29, 1.82) is 0 Å². The first-order valence-corrected chi connectivity index (χ1v) is 9.98. The maximum absolute atomic E-state index is 13.1. The number of thiophene rings is 1. The summed E-state index contributed by atoms with van der Waals surface area (Å²) >= 11 is 7.37. The van der Waals surface area contributed by atoms with E-state index in [1.54, 1.807) is 35.6 Å². The lowest BCUT2D eigenvalue weighted by molar-refractivity contribution is -0.119. The Bertz CT molecular complexity index is 1020. The first-order valence-electron chi connectivity index (χ1n) is 8.72. The van der Waals surface area contributed by atoms with Crippen molar-refractivity contribution in [1.82, 2.24) is 10.3 Å². The molecule has 29 heavy (non-hydrogen) atoms. The molecule has 1 N–H and O–H groups in total. The molecule has 0 radical (unpaired) electrons. The van der Waals surface area contributed by atoms with E-state index in [0.29, 0.717) is 29.3 Å². The summed E-state index contributed by atoms with van der Waals surface area (Å²) in [7, 11) is 0. The fourth-order valence-electron chi connectivity index (χ4n) is 2.79. The standard InChI is InChI=1S/C20H16ClN3O4S/c21-18-6-3-13(9-22-18)20(26)24(11-19(25)23-10-15-2-1-7-29-15)14-4-5-16-17(8-14)28-12-27-16/h1-9H,10-12H2,(H,23,25). The van der Waals surface area contributed by atoms with Crippen LogP contribution < -0.4 is 19.7 Å². The van der Waals surface area contributed by atoms with Crippen molar-refractivity contribution in [3.63, 3.8) is 0 Å².